The van der Waals surface area contributed by atoms with Crippen molar-refractivity contribution in [2.24, 2.45) is 5.73 Å². The van der Waals surface area contributed by atoms with Gasteiger partial charge in [0.15, 0.2) is 5.11 Å². The lowest BCUT2D eigenvalue weighted by atomic mass is 10.1. The predicted molar refractivity (Wildman–Crippen MR) is 59.9 cm³/mol. The van der Waals surface area contributed by atoms with Crippen molar-refractivity contribution < 1.29 is 0 Å². The quantitative estimate of drug-likeness (QED) is 0.753. The molecule has 70 valence electrons. The van der Waals surface area contributed by atoms with Gasteiger partial charge >= 0.3 is 0 Å². The highest BCUT2D eigenvalue weighted by Crippen LogP contribution is 2.10. The van der Waals surface area contributed by atoms with Gasteiger partial charge in [0, 0.05) is 11.6 Å². The first-order valence-electron chi connectivity index (χ1n) is 3.96. The van der Waals surface area contributed by atoms with Crippen LogP contribution in [0.5, 0.6) is 0 Å². The molecule has 0 unspecified atom stereocenters. The van der Waals surface area contributed by atoms with E-state index in [0.29, 0.717) is 5.11 Å². The predicted octanol–water partition coefficient (Wildman–Crippen LogP) is 1.72. The SMILES string of the molecule is NC(=S)NCCc1cccc(Cl)c1. The Morgan fingerprint density at radius 3 is 2.92 bits per heavy atom. The second-order valence-electron chi connectivity index (χ2n) is 2.67. The van der Waals surface area contributed by atoms with Crippen LogP contribution in [0.1, 0.15) is 5.56 Å². The van der Waals surface area contributed by atoms with Gasteiger partial charge in [-0.15, -0.1) is 0 Å². The molecule has 3 N–H and O–H groups in total. The highest BCUT2D eigenvalue weighted by molar-refractivity contribution is 7.80. The molecular formula is C9H11ClN2S. The van der Waals surface area contributed by atoms with Crippen molar-refractivity contribution in [3.63, 3.8) is 0 Å². The Balaban J connectivity index is 2.41. The van der Waals surface area contributed by atoms with Gasteiger partial charge in [0.1, 0.15) is 0 Å². The molecule has 0 amide bonds. The Labute approximate surface area is 88.1 Å². The number of nitrogens with two attached hydrogens (primary N) is 1. The Morgan fingerprint density at radius 2 is 2.31 bits per heavy atom. The Kier molecular flexibility index (Phi) is 3.99. The molecule has 0 fully saturated rings. The summed E-state index contributed by atoms with van der Waals surface area (Å²) in [6.45, 7) is 0.746. The van der Waals surface area contributed by atoms with E-state index in [9.17, 15) is 0 Å². The van der Waals surface area contributed by atoms with Crippen molar-refractivity contribution in [2.45, 2.75) is 6.42 Å². The lowest BCUT2D eigenvalue weighted by Gasteiger charge is -2.03. The van der Waals surface area contributed by atoms with Gasteiger partial charge in [-0.05, 0) is 36.3 Å². The van der Waals surface area contributed by atoms with Crippen LogP contribution in [0.2, 0.25) is 5.02 Å². The van der Waals surface area contributed by atoms with E-state index in [0.717, 1.165) is 18.0 Å². The Morgan fingerprint density at radius 1 is 1.54 bits per heavy atom. The van der Waals surface area contributed by atoms with E-state index in [1.807, 2.05) is 24.3 Å². The summed E-state index contributed by atoms with van der Waals surface area (Å²) in [6.07, 6.45) is 0.873. The van der Waals surface area contributed by atoms with Crippen LogP contribution in [0.4, 0.5) is 0 Å². The zero-order valence-corrected chi connectivity index (χ0v) is 8.66. The van der Waals surface area contributed by atoms with Crippen molar-refractivity contribution in [2.75, 3.05) is 6.54 Å². The minimum absolute atomic E-state index is 0.335. The van der Waals surface area contributed by atoms with Gasteiger partial charge in [-0.25, -0.2) is 0 Å². The third-order valence-corrected chi connectivity index (χ3v) is 1.98. The number of benzene rings is 1. The Hall–Kier alpha value is -0.800. The zero-order chi connectivity index (χ0) is 9.68. The smallest absolute Gasteiger partial charge is 0.163 e. The van der Waals surface area contributed by atoms with Gasteiger partial charge in [-0.3, -0.25) is 0 Å². The molecule has 0 bridgehead atoms. The van der Waals surface area contributed by atoms with Crippen molar-refractivity contribution in [3.8, 4) is 0 Å². The molecule has 0 atom stereocenters. The second-order valence-corrected chi connectivity index (χ2v) is 3.55. The average molecular weight is 215 g/mol. The number of halogens is 1. The molecule has 0 aromatic heterocycles. The third-order valence-electron chi connectivity index (χ3n) is 1.60. The van der Waals surface area contributed by atoms with Crippen molar-refractivity contribution in [3.05, 3.63) is 34.9 Å². The molecule has 1 rings (SSSR count). The molecule has 0 radical (unpaired) electrons. The fraction of sp³-hybridized carbons (Fsp3) is 0.222. The van der Waals surface area contributed by atoms with Gasteiger partial charge in [-0.2, -0.15) is 0 Å². The van der Waals surface area contributed by atoms with Gasteiger partial charge in [0.2, 0.25) is 0 Å². The maximum Gasteiger partial charge on any atom is 0.163 e. The maximum atomic E-state index is 5.82. The van der Waals surface area contributed by atoms with Crippen LogP contribution >= 0.6 is 23.8 Å². The summed E-state index contributed by atoms with van der Waals surface area (Å²) >= 11 is 10.5. The highest BCUT2D eigenvalue weighted by Gasteiger charge is 1.94. The molecule has 0 spiro atoms. The van der Waals surface area contributed by atoms with Gasteiger partial charge in [0.05, 0.1) is 0 Å². The number of hydrogen-bond acceptors (Lipinski definition) is 1. The van der Waals surface area contributed by atoms with Crippen LogP contribution in [-0.2, 0) is 6.42 Å². The molecule has 13 heavy (non-hydrogen) atoms. The van der Waals surface area contributed by atoms with Crippen LogP contribution in [0.3, 0.4) is 0 Å². The summed E-state index contributed by atoms with van der Waals surface area (Å²) in [5.41, 5.74) is 6.46. The highest BCUT2D eigenvalue weighted by atomic mass is 35.5. The van der Waals surface area contributed by atoms with Crippen molar-refractivity contribution >= 4 is 28.9 Å². The monoisotopic (exact) mass is 214 g/mol. The molecule has 0 saturated carbocycles. The van der Waals surface area contributed by atoms with Crippen molar-refractivity contribution in [1.29, 1.82) is 0 Å². The number of rotatable bonds is 3. The fourth-order valence-electron chi connectivity index (χ4n) is 1.02. The fourth-order valence-corrected chi connectivity index (χ4v) is 1.34. The molecule has 1 aromatic carbocycles. The summed E-state index contributed by atoms with van der Waals surface area (Å²) in [7, 11) is 0. The van der Waals surface area contributed by atoms with Gasteiger partial charge in [0.25, 0.3) is 0 Å². The summed E-state index contributed by atoms with van der Waals surface area (Å²) in [5.74, 6) is 0. The molecule has 2 nitrogen and oxygen atoms in total. The van der Waals surface area contributed by atoms with E-state index in [2.05, 4.69) is 17.5 Å². The first-order chi connectivity index (χ1) is 6.18. The van der Waals surface area contributed by atoms with E-state index in [4.69, 9.17) is 17.3 Å². The molecular weight excluding hydrogens is 204 g/mol. The molecule has 0 heterocycles. The number of nitrogens with one attached hydrogen (secondary N) is 1. The average Bonchev–Trinajstić information content (AvgIpc) is 2.03. The van der Waals surface area contributed by atoms with Crippen LogP contribution in [-0.4, -0.2) is 11.7 Å². The minimum Gasteiger partial charge on any atom is -0.376 e. The number of thiocarbonyl (C=S) groups is 1. The van der Waals surface area contributed by atoms with E-state index in [1.165, 1.54) is 5.56 Å². The summed E-state index contributed by atoms with van der Waals surface area (Å²) in [4.78, 5) is 0. The Bertz CT molecular complexity index is 301. The van der Waals surface area contributed by atoms with Gasteiger partial charge < -0.3 is 11.1 Å². The van der Waals surface area contributed by atoms with E-state index >= 15 is 0 Å². The minimum atomic E-state index is 0.335. The molecule has 1 aromatic rings. The summed E-state index contributed by atoms with van der Waals surface area (Å²) in [6, 6.07) is 7.74. The molecule has 4 heteroatoms. The van der Waals surface area contributed by atoms with E-state index in [-0.39, 0.29) is 0 Å². The van der Waals surface area contributed by atoms with Gasteiger partial charge in [-0.1, -0.05) is 23.7 Å². The lowest BCUT2D eigenvalue weighted by Crippen LogP contribution is -2.30. The molecule has 0 aliphatic heterocycles. The molecule has 0 aliphatic rings. The van der Waals surface area contributed by atoms with E-state index in [1.54, 1.807) is 0 Å². The second kappa shape index (κ2) is 5.04. The van der Waals surface area contributed by atoms with Crippen molar-refractivity contribution in [1.82, 2.24) is 5.32 Å². The topological polar surface area (TPSA) is 38.0 Å². The first-order valence-corrected chi connectivity index (χ1v) is 4.75. The normalized spacial score (nSPS) is 9.62. The first kappa shape index (κ1) is 10.3. The van der Waals surface area contributed by atoms with Crippen LogP contribution in [0, 0.1) is 0 Å². The van der Waals surface area contributed by atoms with Crippen LogP contribution in [0.15, 0.2) is 24.3 Å². The summed E-state index contributed by atoms with van der Waals surface area (Å²) in [5, 5.41) is 3.97. The third kappa shape index (κ3) is 4.10. The summed E-state index contributed by atoms with van der Waals surface area (Å²) < 4.78 is 0. The van der Waals surface area contributed by atoms with E-state index < -0.39 is 0 Å². The largest absolute Gasteiger partial charge is 0.376 e. The molecule has 0 saturated heterocycles. The number of hydrogen-bond donors (Lipinski definition) is 2. The van der Waals surface area contributed by atoms with Crippen LogP contribution < -0.4 is 11.1 Å². The molecule has 0 aliphatic carbocycles. The standard InChI is InChI=1S/C9H11ClN2S/c10-8-3-1-2-7(6-8)4-5-12-9(11)13/h1-3,6H,4-5H2,(H3,11,12,13). The van der Waals surface area contributed by atoms with Crippen LogP contribution in [0.25, 0.3) is 0 Å². The zero-order valence-electron chi connectivity index (χ0n) is 7.09. The maximum absolute atomic E-state index is 5.82. The lowest BCUT2D eigenvalue weighted by molar-refractivity contribution is 0.870.